The SMILES string of the molecule is O=C(NC1CCN(c2ncnc3c2CCCC3)CC1)C1CCC1. The Morgan fingerprint density at radius 3 is 2.57 bits per heavy atom. The first-order valence-corrected chi connectivity index (χ1v) is 9.19. The summed E-state index contributed by atoms with van der Waals surface area (Å²) in [5.74, 6) is 1.73. The van der Waals surface area contributed by atoms with Crippen molar-refractivity contribution >= 4 is 11.7 Å². The van der Waals surface area contributed by atoms with Crippen molar-refractivity contribution in [2.45, 2.75) is 63.8 Å². The zero-order chi connectivity index (χ0) is 15.6. The van der Waals surface area contributed by atoms with E-state index in [9.17, 15) is 4.79 Å². The van der Waals surface area contributed by atoms with Gasteiger partial charge in [-0.25, -0.2) is 9.97 Å². The van der Waals surface area contributed by atoms with Crippen molar-refractivity contribution in [2.24, 2.45) is 5.92 Å². The number of nitrogens with one attached hydrogen (secondary N) is 1. The lowest BCUT2D eigenvalue weighted by Gasteiger charge is -2.36. The number of carbonyl (C=O) groups is 1. The maximum absolute atomic E-state index is 12.1. The topological polar surface area (TPSA) is 58.1 Å². The van der Waals surface area contributed by atoms with Gasteiger partial charge in [-0.05, 0) is 51.4 Å². The third-order valence-electron chi connectivity index (χ3n) is 5.72. The number of piperidine rings is 1. The molecule has 4 rings (SSSR count). The summed E-state index contributed by atoms with van der Waals surface area (Å²) in [5.41, 5.74) is 2.62. The van der Waals surface area contributed by atoms with E-state index < -0.39 is 0 Å². The molecular weight excluding hydrogens is 288 g/mol. The number of aryl methyl sites for hydroxylation is 1. The van der Waals surface area contributed by atoms with Crippen LogP contribution >= 0.6 is 0 Å². The van der Waals surface area contributed by atoms with Crippen molar-refractivity contribution in [1.29, 1.82) is 0 Å². The van der Waals surface area contributed by atoms with Crippen molar-refractivity contribution in [3.8, 4) is 0 Å². The van der Waals surface area contributed by atoms with Crippen LogP contribution in [-0.2, 0) is 17.6 Å². The third-order valence-corrected chi connectivity index (χ3v) is 5.72. The Hall–Kier alpha value is -1.65. The zero-order valence-corrected chi connectivity index (χ0v) is 13.8. The molecule has 0 radical (unpaired) electrons. The molecule has 0 bridgehead atoms. The van der Waals surface area contributed by atoms with E-state index in [-0.39, 0.29) is 5.91 Å². The highest BCUT2D eigenvalue weighted by Gasteiger charge is 2.29. The van der Waals surface area contributed by atoms with Gasteiger partial charge in [0.2, 0.25) is 5.91 Å². The minimum Gasteiger partial charge on any atom is -0.356 e. The average molecular weight is 314 g/mol. The third kappa shape index (κ3) is 3.06. The lowest BCUT2D eigenvalue weighted by Crippen LogP contribution is -2.47. The highest BCUT2D eigenvalue weighted by Crippen LogP contribution is 2.30. The van der Waals surface area contributed by atoms with Gasteiger partial charge in [-0.1, -0.05) is 6.42 Å². The second-order valence-corrected chi connectivity index (χ2v) is 7.23. The van der Waals surface area contributed by atoms with Crippen LogP contribution in [0.4, 0.5) is 5.82 Å². The Morgan fingerprint density at radius 2 is 1.83 bits per heavy atom. The van der Waals surface area contributed by atoms with Crippen LogP contribution in [0.3, 0.4) is 0 Å². The molecule has 1 amide bonds. The number of rotatable bonds is 3. The van der Waals surface area contributed by atoms with Crippen molar-refractivity contribution in [1.82, 2.24) is 15.3 Å². The average Bonchev–Trinajstić information content (AvgIpc) is 2.53. The van der Waals surface area contributed by atoms with Gasteiger partial charge in [0.15, 0.2) is 0 Å². The monoisotopic (exact) mass is 314 g/mol. The molecule has 5 heteroatoms. The Kier molecular flexibility index (Phi) is 4.19. The number of anilines is 1. The highest BCUT2D eigenvalue weighted by atomic mass is 16.2. The molecule has 1 saturated carbocycles. The predicted octanol–water partition coefficient (Wildman–Crippen LogP) is 2.24. The maximum atomic E-state index is 12.1. The van der Waals surface area contributed by atoms with Gasteiger partial charge in [0.1, 0.15) is 12.1 Å². The van der Waals surface area contributed by atoms with Gasteiger partial charge >= 0.3 is 0 Å². The van der Waals surface area contributed by atoms with Gasteiger partial charge in [-0.15, -0.1) is 0 Å². The second kappa shape index (κ2) is 6.46. The number of fused-ring (bicyclic) bond motifs is 1. The second-order valence-electron chi connectivity index (χ2n) is 7.23. The zero-order valence-electron chi connectivity index (χ0n) is 13.8. The smallest absolute Gasteiger partial charge is 0.223 e. The highest BCUT2D eigenvalue weighted by molar-refractivity contribution is 5.79. The van der Waals surface area contributed by atoms with Gasteiger partial charge in [-0.3, -0.25) is 4.79 Å². The molecule has 23 heavy (non-hydrogen) atoms. The summed E-state index contributed by atoms with van der Waals surface area (Å²) in [6.07, 6.45) is 11.9. The molecule has 1 aromatic heterocycles. The minimum atomic E-state index is 0.286. The van der Waals surface area contributed by atoms with E-state index in [1.807, 2.05) is 0 Å². The van der Waals surface area contributed by atoms with Crippen molar-refractivity contribution in [3.05, 3.63) is 17.6 Å². The lowest BCUT2D eigenvalue weighted by atomic mass is 9.84. The molecule has 0 aromatic carbocycles. The fourth-order valence-corrected chi connectivity index (χ4v) is 4.00. The number of aromatic nitrogens is 2. The first-order chi connectivity index (χ1) is 11.3. The van der Waals surface area contributed by atoms with E-state index in [1.165, 1.54) is 30.5 Å². The maximum Gasteiger partial charge on any atom is 0.223 e. The van der Waals surface area contributed by atoms with E-state index in [2.05, 4.69) is 20.2 Å². The molecule has 0 unspecified atom stereocenters. The summed E-state index contributed by atoms with van der Waals surface area (Å²) in [6, 6.07) is 0.344. The molecule has 2 aliphatic carbocycles. The molecule has 2 fully saturated rings. The molecule has 5 nitrogen and oxygen atoms in total. The summed E-state index contributed by atoms with van der Waals surface area (Å²) in [7, 11) is 0. The predicted molar refractivity (Wildman–Crippen MR) is 89.4 cm³/mol. The quantitative estimate of drug-likeness (QED) is 0.929. The molecule has 3 aliphatic rings. The van der Waals surface area contributed by atoms with E-state index >= 15 is 0 Å². The van der Waals surface area contributed by atoms with E-state index in [0.29, 0.717) is 12.0 Å². The van der Waals surface area contributed by atoms with Crippen molar-refractivity contribution in [3.63, 3.8) is 0 Å². The summed E-state index contributed by atoms with van der Waals surface area (Å²) in [5, 5.41) is 3.26. The lowest BCUT2D eigenvalue weighted by molar-refractivity contribution is -0.128. The Morgan fingerprint density at radius 1 is 1.04 bits per heavy atom. The Balaban J connectivity index is 1.37. The summed E-state index contributed by atoms with van der Waals surface area (Å²) < 4.78 is 0. The molecule has 1 aliphatic heterocycles. The van der Waals surface area contributed by atoms with Crippen LogP contribution in [0, 0.1) is 5.92 Å². The number of hydrogen-bond donors (Lipinski definition) is 1. The van der Waals surface area contributed by atoms with Crippen LogP contribution in [0.25, 0.3) is 0 Å². The van der Waals surface area contributed by atoms with Gasteiger partial charge < -0.3 is 10.2 Å². The standard InChI is InChI=1S/C18H26N4O/c23-18(13-4-3-5-13)21-14-8-10-22(11-9-14)17-15-6-1-2-7-16(15)19-12-20-17/h12-14H,1-11H2,(H,21,23). The summed E-state index contributed by atoms with van der Waals surface area (Å²) in [4.78, 5) is 23.5. The van der Waals surface area contributed by atoms with Gasteiger partial charge in [0.05, 0.1) is 0 Å². The van der Waals surface area contributed by atoms with Crippen LogP contribution in [0.2, 0.25) is 0 Å². The van der Waals surface area contributed by atoms with Crippen molar-refractivity contribution in [2.75, 3.05) is 18.0 Å². The Bertz CT molecular complexity index is 576. The van der Waals surface area contributed by atoms with Crippen LogP contribution in [-0.4, -0.2) is 35.0 Å². The summed E-state index contributed by atoms with van der Waals surface area (Å²) >= 11 is 0. The first kappa shape index (κ1) is 14.9. The molecular formula is C18H26N4O. The van der Waals surface area contributed by atoms with Gasteiger partial charge in [0, 0.05) is 36.3 Å². The van der Waals surface area contributed by atoms with Crippen LogP contribution < -0.4 is 10.2 Å². The normalized spacial score (nSPS) is 22.3. The first-order valence-electron chi connectivity index (χ1n) is 9.19. The molecule has 1 N–H and O–H groups in total. The number of amides is 1. The van der Waals surface area contributed by atoms with Gasteiger partial charge in [-0.2, -0.15) is 0 Å². The fourth-order valence-electron chi connectivity index (χ4n) is 4.00. The minimum absolute atomic E-state index is 0.286. The largest absolute Gasteiger partial charge is 0.356 e. The Labute approximate surface area is 137 Å². The number of nitrogens with zero attached hydrogens (tertiary/aromatic N) is 3. The van der Waals surface area contributed by atoms with Crippen LogP contribution in [0.5, 0.6) is 0 Å². The van der Waals surface area contributed by atoms with E-state index in [0.717, 1.165) is 57.4 Å². The van der Waals surface area contributed by atoms with E-state index in [4.69, 9.17) is 0 Å². The molecule has 1 aromatic rings. The van der Waals surface area contributed by atoms with E-state index in [1.54, 1.807) is 6.33 Å². The number of carbonyl (C=O) groups excluding carboxylic acids is 1. The van der Waals surface area contributed by atoms with Crippen molar-refractivity contribution < 1.29 is 4.79 Å². The summed E-state index contributed by atoms with van der Waals surface area (Å²) in [6.45, 7) is 1.97. The van der Waals surface area contributed by atoms with Crippen LogP contribution in [0.15, 0.2) is 6.33 Å². The molecule has 0 spiro atoms. The molecule has 124 valence electrons. The fraction of sp³-hybridized carbons (Fsp3) is 0.722. The molecule has 2 heterocycles. The molecule has 1 saturated heterocycles. The molecule has 0 atom stereocenters. The van der Waals surface area contributed by atoms with Gasteiger partial charge in [0.25, 0.3) is 0 Å². The van der Waals surface area contributed by atoms with Crippen LogP contribution in [0.1, 0.15) is 56.2 Å². The number of hydrogen-bond acceptors (Lipinski definition) is 4.